The highest BCUT2D eigenvalue weighted by molar-refractivity contribution is 7.99. The van der Waals surface area contributed by atoms with E-state index in [9.17, 15) is 4.79 Å². The lowest BCUT2D eigenvalue weighted by Crippen LogP contribution is -2.27. The lowest BCUT2D eigenvalue weighted by molar-refractivity contribution is -0.118. The predicted molar refractivity (Wildman–Crippen MR) is 119 cm³/mol. The van der Waals surface area contributed by atoms with E-state index in [1.165, 1.54) is 11.8 Å². The highest BCUT2D eigenvalue weighted by Gasteiger charge is 2.25. The number of fused-ring (bicyclic) bond motifs is 1. The number of aromatic nitrogens is 3. The summed E-state index contributed by atoms with van der Waals surface area (Å²) in [7, 11) is 0. The molecule has 5 rings (SSSR count). The molecule has 1 aromatic heterocycles. The maximum Gasteiger partial charge on any atom is 0.230 e. The van der Waals surface area contributed by atoms with Crippen molar-refractivity contribution in [3.63, 3.8) is 0 Å². The van der Waals surface area contributed by atoms with Gasteiger partial charge in [-0.25, -0.2) is 0 Å². The number of hydrogen-bond acceptors (Lipinski definition) is 6. The minimum Gasteiger partial charge on any atom is -0.485 e. The highest BCUT2D eigenvalue weighted by atomic mass is 32.2. The standard InChI is InChI=1S/C23H26N4O3S/c28-22(24-17-10-11-17)15-31-23-26-25-21(27(23)13-18-7-4-12-29-18)14-30-20-9-3-6-16-5-1-2-8-19(16)20/h1-3,5-6,8-9,17-18H,4,7,10-15H2,(H,24,28). The first-order chi connectivity index (χ1) is 15.3. The zero-order valence-corrected chi connectivity index (χ0v) is 18.1. The van der Waals surface area contributed by atoms with Crippen LogP contribution in [0, 0.1) is 0 Å². The van der Waals surface area contributed by atoms with Crippen LogP contribution in [0.2, 0.25) is 0 Å². The Morgan fingerprint density at radius 3 is 2.87 bits per heavy atom. The third kappa shape index (κ3) is 5.02. The first-order valence-electron chi connectivity index (χ1n) is 10.8. The molecular formula is C23H26N4O3S. The van der Waals surface area contributed by atoms with Gasteiger partial charge in [0.25, 0.3) is 0 Å². The quantitative estimate of drug-likeness (QED) is 0.515. The molecule has 1 saturated heterocycles. The second-order valence-corrected chi connectivity index (χ2v) is 8.98. The number of ether oxygens (including phenoxy) is 2. The van der Waals surface area contributed by atoms with Gasteiger partial charge in [-0.3, -0.25) is 4.79 Å². The summed E-state index contributed by atoms with van der Waals surface area (Å²) in [6.45, 7) is 1.78. The van der Waals surface area contributed by atoms with Gasteiger partial charge in [0.15, 0.2) is 11.0 Å². The maximum absolute atomic E-state index is 12.1. The normalized spacial score (nSPS) is 18.4. The van der Waals surface area contributed by atoms with Crippen LogP contribution in [0.1, 0.15) is 31.5 Å². The van der Waals surface area contributed by atoms with Crippen molar-refractivity contribution in [1.82, 2.24) is 20.1 Å². The molecule has 1 amide bonds. The fourth-order valence-electron chi connectivity index (χ4n) is 3.80. The van der Waals surface area contributed by atoms with Crippen molar-refractivity contribution < 1.29 is 14.3 Å². The predicted octanol–water partition coefficient (Wildman–Crippen LogP) is 3.56. The Morgan fingerprint density at radius 1 is 1.16 bits per heavy atom. The van der Waals surface area contributed by atoms with Crippen molar-refractivity contribution in [1.29, 1.82) is 0 Å². The number of nitrogens with one attached hydrogen (secondary N) is 1. The van der Waals surface area contributed by atoms with Gasteiger partial charge in [0, 0.05) is 18.0 Å². The van der Waals surface area contributed by atoms with Crippen molar-refractivity contribution in [3.8, 4) is 5.75 Å². The van der Waals surface area contributed by atoms with Gasteiger partial charge >= 0.3 is 0 Å². The first-order valence-corrected chi connectivity index (χ1v) is 11.8. The molecule has 1 aliphatic carbocycles. The molecule has 0 spiro atoms. The highest BCUT2D eigenvalue weighted by Crippen LogP contribution is 2.27. The lowest BCUT2D eigenvalue weighted by Gasteiger charge is -2.15. The van der Waals surface area contributed by atoms with Gasteiger partial charge in [0.2, 0.25) is 5.91 Å². The van der Waals surface area contributed by atoms with Crippen molar-refractivity contribution in [2.45, 2.75) is 56.1 Å². The van der Waals surface area contributed by atoms with E-state index in [1.54, 1.807) is 0 Å². The summed E-state index contributed by atoms with van der Waals surface area (Å²) >= 11 is 1.42. The van der Waals surface area contributed by atoms with Gasteiger partial charge in [0.1, 0.15) is 12.4 Å². The van der Waals surface area contributed by atoms with Crippen LogP contribution in [0.25, 0.3) is 10.8 Å². The van der Waals surface area contributed by atoms with Crippen molar-refractivity contribution in [2.24, 2.45) is 0 Å². The summed E-state index contributed by atoms with van der Waals surface area (Å²) in [6.07, 6.45) is 4.41. The third-order valence-electron chi connectivity index (χ3n) is 5.58. The van der Waals surface area contributed by atoms with Crippen LogP contribution in [0.5, 0.6) is 5.75 Å². The number of benzene rings is 2. The first kappa shape index (κ1) is 20.3. The number of amides is 1. The average molecular weight is 439 g/mol. The fourth-order valence-corrected chi connectivity index (χ4v) is 4.58. The average Bonchev–Trinajstić information content (AvgIpc) is 3.30. The van der Waals surface area contributed by atoms with E-state index in [4.69, 9.17) is 9.47 Å². The van der Waals surface area contributed by atoms with Crippen LogP contribution in [0.15, 0.2) is 47.6 Å². The Labute approximate surface area is 185 Å². The second-order valence-electron chi connectivity index (χ2n) is 8.04. The Balaban J connectivity index is 1.31. The van der Waals surface area contributed by atoms with Crippen molar-refractivity contribution in [3.05, 3.63) is 48.3 Å². The van der Waals surface area contributed by atoms with Gasteiger partial charge in [-0.15, -0.1) is 10.2 Å². The molecule has 1 unspecified atom stereocenters. The van der Waals surface area contributed by atoms with E-state index in [0.717, 1.165) is 59.8 Å². The second kappa shape index (κ2) is 9.28. The molecule has 2 aromatic carbocycles. The van der Waals surface area contributed by atoms with Crippen LogP contribution in [0.3, 0.4) is 0 Å². The Morgan fingerprint density at radius 2 is 2.03 bits per heavy atom. The molecule has 2 fully saturated rings. The number of rotatable bonds is 9. The van der Waals surface area contributed by atoms with E-state index in [0.29, 0.717) is 24.9 Å². The van der Waals surface area contributed by atoms with E-state index >= 15 is 0 Å². The Kier molecular flexibility index (Phi) is 6.08. The molecule has 3 aromatic rings. The van der Waals surface area contributed by atoms with Crippen LogP contribution < -0.4 is 10.1 Å². The third-order valence-corrected chi connectivity index (χ3v) is 6.55. The molecule has 1 atom stereocenters. The van der Waals surface area contributed by atoms with Gasteiger partial charge in [0.05, 0.1) is 18.4 Å². The molecule has 8 heteroatoms. The number of nitrogens with zero attached hydrogens (tertiary/aromatic N) is 3. The van der Waals surface area contributed by atoms with Crippen molar-refractivity contribution in [2.75, 3.05) is 12.4 Å². The number of carbonyl (C=O) groups excluding carboxylic acids is 1. The SMILES string of the molecule is O=C(CSc1nnc(COc2cccc3ccccc23)n1CC1CCCO1)NC1CC1. The zero-order chi connectivity index (χ0) is 21.0. The molecule has 1 saturated carbocycles. The van der Waals surface area contributed by atoms with Crippen LogP contribution in [0.4, 0.5) is 0 Å². The summed E-state index contributed by atoms with van der Waals surface area (Å²) < 4.78 is 14.0. The maximum atomic E-state index is 12.1. The number of carbonyl (C=O) groups is 1. The van der Waals surface area contributed by atoms with Crippen molar-refractivity contribution >= 4 is 28.4 Å². The van der Waals surface area contributed by atoms with E-state index in [2.05, 4.69) is 38.3 Å². The topological polar surface area (TPSA) is 78.3 Å². The molecule has 0 bridgehead atoms. The minimum absolute atomic E-state index is 0.0488. The zero-order valence-electron chi connectivity index (χ0n) is 17.3. The Hall–Kier alpha value is -2.58. The van der Waals surface area contributed by atoms with E-state index < -0.39 is 0 Å². The number of hydrogen-bond donors (Lipinski definition) is 1. The molecule has 2 aliphatic rings. The van der Waals surface area contributed by atoms with Crippen LogP contribution in [-0.4, -0.2) is 45.2 Å². The molecule has 1 N–H and O–H groups in total. The molecule has 7 nitrogen and oxygen atoms in total. The largest absolute Gasteiger partial charge is 0.485 e. The monoisotopic (exact) mass is 438 g/mol. The summed E-state index contributed by atoms with van der Waals surface area (Å²) in [5, 5.41) is 14.7. The summed E-state index contributed by atoms with van der Waals surface area (Å²) in [4.78, 5) is 12.1. The molecule has 1 aliphatic heterocycles. The van der Waals surface area contributed by atoms with Gasteiger partial charge in [-0.05, 0) is 37.1 Å². The lowest BCUT2D eigenvalue weighted by atomic mass is 10.1. The van der Waals surface area contributed by atoms with Crippen LogP contribution >= 0.6 is 11.8 Å². The Bertz CT molecular complexity index is 1050. The van der Waals surface area contributed by atoms with E-state index in [1.807, 2.05) is 24.3 Å². The fraction of sp³-hybridized carbons (Fsp3) is 0.435. The van der Waals surface area contributed by atoms with Gasteiger partial charge < -0.3 is 19.4 Å². The molecule has 2 heterocycles. The smallest absolute Gasteiger partial charge is 0.230 e. The van der Waals surface area contributed by atoms with E-state index in [-0.39, 0.29) is 12.0 Å². The summed E-state index contributed by atoms with van der Waals surface area (Å²) in [5.41, 5.74) is 0. The van der Waals surface area contributed by atoms with Gasteiger partial charge in [-0.2, -0.15) is 0 Å². The molecule has 31 heavy (non-hydrogen) atoms. The number of thioether (sulfide) groups is 1. The molecule has 162 valence electrons. The summed E-state index contributed by atoms with van der Waals surface area (Å²) in [5.74, 6) is 1.95. The van der Waals surface area contributed by atoms with Crippen LogP contribution in [-0.2, 0) is 22.7 Å². The van der Waals surface area contributed by atoms with Gasteiger partial charge in [-0.1, -0.05) is 48.2 Å². The molecule has 0 radical (unpaired) electrons. The summed E-state index contributed by atoms with van der Waals surface area (Å²) in [6, 6.07) is 14.6. The molecular weight excluding hydrogens is 412 g/mol. The minimum atomic E-state index is 0.0488.